The van der Waals surface area contributed by atoms with Gasteiger partial charge in [0.1, 0.15) is 0 Å². The smallest absolute Gasteiger partial charge is 0.206 e. The molecule has 2 aromatic rings. The molecule has 0 spiro atoms. The maximum atomic E-state index is 12.8. The van der Waals surface area contributed by atoms with Crippen molar-refractivity contribution in [2.45, 2.75) is 30.1 Å². The normalized spacial score (nSPS) is 12.5. The van der Waals surface area contributed by atoms with Crippen molar-refractivity contribution in [2.24, 2.45) is 0 Å². The monoisotopic (exact) mass is 387 g/mol. The number of halogens is 1. The van der Waals surface area contributed by atoms with Crippen LogP contribution in [0.4, 0.5) is 0 Å². The quantitative estimate of drug-likeness (QED) is 0.761. The van der Waals surface area contributed by atoms with Gasteiger partial charge in [-0.05, 0) is 49.7 Å². The van der Waals surface area contributed by atoms with E-state index >= 15 is 0 Å². The third-order valence-electron chi connectivity index (χ3n) is 3.37. The van der Waals surface area contributed by atoms with Gasteiger partial charge in [0.25, 0.3) is 20.0 Å². The van der Waals surface area contributed by atoms with Gasteiger partial charge in [0.05, 0.1) is 9.79 Å². The van der Waals surface area contributed by atoms with Crippen LogP contribution in [0.1, 0.15) is 18.9 Å². The molecule has 0 N–H and O–H groups in total. The first-order valence-electron chi connectivity index (χ1n) is 7.30. The van der Waals surface area contributed by atoms with Gasteiger partial charge in [-0.1, -0.05) is 39.9 Å². The summed E-state index contributed by atoms with van der Waals surface area (Å²) in [5.41, 5.74) is 0.886. The van der Waals surface area contributed by atoms with E-state index in [1.807, 2.05) is 6.92 Å². The summed E-state index contributed by atoms with van der Waals surface area (Å²) in [6.07, 6.45) is 0.359. The van der Waals surface area contributed by atoms with Gasteiger partial charge in [0.15, 0.2) is 0 Å². The fourth-order valence-corrected chi connectivity index (χ4v) is 6.06. The molecule has 2 rings (SSSR count). The second-order valence-electron chi connectivity index (χ2n) is 5.27. The third kappa shape index (κ3) is 3.80. The molecule has 0 atom stereocenters. The van der Waals surface area contributed by atoms with Crippen LogP contribution in [0.3, 0.4) is 0 Å². The third-order valence-corrected chi connectivity index (χ3v) is 7.98. The lowest BCUT2D eigenvalue weighted by atomic mass is 10.2. The van der Waals surface area contributed by atoms with Gasteiger partial charge < -0.3 is 0 Å². The van der Waals surface area contributed by atoms with E-state index in [4.69, 9.17) is 11.6 Å². The van der Waals surface area contributed by atoms with E-state index in [1.165, 1.54) is 36.4 Å². The average Bonchev–Trinajstić information content (AvgIpc) is 2.53. The van der Waals surface area contributed by atoms with Crippen molar-refractivity contribution in [3.05, 3.63) is 59.1 Å². The molecule has 0 aliphatic heterocycles. The Labute approximate surface area is 148 Å². The van der Waals surface area contributed by atoms with Crippen molar-refractivity contribution in [1.82, 2.24) is 3.71 Å². The summed E-state index contributed by atoms with van der Waals surface area (Å²) in [4.78, 5) is -0.171. The molecule has 5 nitrogen and oxygen atoms in total. The topological polar surface area (TPSA) is 71.5 Å². The Bertz CT molecular complexity index is 830. The SMILES string of the molecule is CCCN(S(=O)(=O)c1ccc(C)cc1)S(=O)(=O)c1ccc(Cl)cc1. The minimum Gasteiger partial charge on any atom is -0.206 e. The fourth-order valence-electron chi connectivity index (χ4n) is 2.10. The molecule has 0 bridgehead atoms. The molecule has 2 aromatic carbocycles. The van der Waals surface area contributed by atoms with Crippen LogP contribution in [-0.4, -0.2) is 27.1 Å². The predicted octanol–water partition coefficient (Wildman–Crippen LogP) is 3.44. The molecule has 0 fully saturated rings. The molecule has 0 aliphatic carbocycles. The van der Waals surface area contributed by atoms with Crippen LogP contribution < -0.4 is 0 Å². The summed E-state index contributed by atoms with van der Waals surface area (Å²) >= 11 is 5.78. The minimum absolute atomic E-state index is 0.0564. The highest BCUT2D eigenvalue weighted by Crippen LogP contribution is 2.25. The number of nitrogens with zero attached hydrogens (tertiary/aromatic N) is 1. The zero-order chi connectivity index (χ0) is 18.0. The molecule has 130 valence electrons. The van der Waals surface area contributed by atoms with Crippen LogP contribution in [0.5, 0.6) is 0 Å². The highest BCUT2D eigenvalue weighted by atomic mass is 35.5. The van der Waals surface area contributed by atoms with E-state index in [1.54, 1.807) is 19.1 Å². The molecule has 0 aliphatic rings. The van der Waals surface area contributed by atoms with Crippen LogP contribution in [-0.2, 0) is 20.0 Å². The Morgan fingerprint density at radius 3 is 1.67 bits per heavy atom. The Balaban J connectivity index is 2.55. The van der Waals surface area contributed by atoms with E-state index in [2.05, 4.69) is 0 Å². The summed E-state index contributed by atoms with van der Waals surface area (Å²) in [6, 6.07) is 11.5. The maximum Gasteiger partial charge on any atom is 0.256 e. The zero-order valence-corrected chi connectivity index (χ0v) is 15.7. The lowest BCUT2D eigenvalue weighted by molar-refractivity contribution is 0.495. The first kappa shape index (κ1) is 18.9. The number of hydrogen-bond acceptors (Lipinski definition) is 4. The van der Waals surface area contributed by atoms with Crippen molar-refractivity contribution >= 4 is 31.6 Å². The van der Waals surface area contributed by atoms with E-state index in [0.717, 1.165) is 5.56 Å². The van der Waals surface area contributed by atoms with Crippen LogP contribution >= 0.6 is 11.6 Å². The molecule has 24 heavy (non-hydrogen) atoms. The van der Waals surface area contributed by atoms with Crippen LogP contribution in [0.15, 0.2) is 58.3 Å². The standard InChI is InChI=1S/C16H18ClNO4S2/c1-3-12-18(23(19,20)15-8-4-13(2)5-9-15)24(21,22)16-10-6-14(17)7-11-16/h4-11H,3,12H2,1-2H3. The Morgan fingerprint density at radius 1 is 0.833 bits per heavy atom. The largest absolute Gasteiger partial charge is 0.256 e. The summed E-state index contributed by atoms with van der Waals surface area (Å²) < 4.78 is 51.9. The molecule has 0 radical (unpaired) electrons. The van der Waals surface area contributed by atoms with Crippen molar-refractivity contribution < 1.29 is 16.8 Å². The highest BCUT2D eigenvalue weighted by Gasteiger charge is 2.35. The zero-order valence-electron chi connectivity index (χ0n) is 13.3. The Hall–Kier alpha value is -1.41. The van der Waals surface area contributed by atoms with Crippen molar-refractivity contribution in [3.63, 3.8) is 0 Å². The Kier molecular flexibility index (Phi) is 5.70. The lowest BCUT2D eigenvalue weighted by Gasteiger charge is -2.21. The second kappa shape index (κ2) is 7.23. The average molecular weight is 388 g/mol. The molecule has 0 aromatic heterocycles. The number of hydrogen-bond donors (Lipinski definition) is 0. The van der Waals surface area contributed by atoms with Crippen LogP contribution in [0.2, 0.25) is 5.02 Å². The number of benzene rings is 2. The second-order valence-corrected chi connectivity index (χ2v) is 9.67. The van der Waals surface area contributed by atoms with Gasteiger partial charge in [0, 0.05) is 11.6 Å². The first-order chi connectivity index (χ1) is 11.2. The minimum atomic E-state index is -4.21. The van der Waals surface area contributed by atoms with Gasteiger partial charge in [-0.15, -0.1) is 0 Å². The highest BCUT2D eigenvalue weighted by molar-refractivity contribution is 8.04. The van der Waals surface area contributed by atoms with Gasteiger partial charge in [0.2, 0.25) is 0 Å². The van der Waals surface area contributed by atoms with Gasteiger partial charge in [-0.2, -0.15) is 0 Å². The molecule has 0 heterocycles. The summed E-state index contributed by atoms with van der Waals surface area (Å²) in [6.45, 7) is 3.40. The molecular formula is C16H18ClNO4S2. The van der Waals surface area contributed by atoms with Crippen LogP contribution in [0, 0.1) is 6.92 Å². The molecule has 8 heteroatoms. The fraction of sp³-hybridized carbons (Fsp3) is 0.250. The summed E-state index contributed by atoms with van der Waals surface area (Å²) in [5, 5.41) is 0.373. The molecule has 0 saturated heterocycles. The predicted molar refractivity (Wildman–Crippen MR) is 94.0 cm³/mol. The van der Waals surface area contributed by atoms with Gasteiger partial charge in [-0.3, -0.25) is 0 Å². The number of aryl methyl sites for hydroxylation is 1. The van der Waals surface area contributed by atoms with E-state index in [9.17, 15) is 16.8 Å². The molecular weight excluding hydrogens is 370 g/mol. The molecule has 0 saturated carbocycles. The maximum absolute atomic E-state index is 12.8. The summed E-state index contributed by atoms with van der Waals surface area (Å²) in [7, 11) is -8.39. The van der Waals surface area contributed by atoms with Crippen LogP contribution in [0.25, 0.3) is 0 Å². The van der Waals surface area contributed by atoms with Gasteiger partial charge >= 0.3 is 0 Å². The molecule has 0 amide bonds. The van der Waals surface area contributed by atoms with Crippen molar-refractivity contribution in [2.75, 3.05) is 6.54 Å². The Morgan fingerprint density at radius 2 is 1.25 bits per heavy atom. The van der Waals surface area contributed by atoms with E-state index in [-0.39, 0.29) is 16.3 Å². The first-order valence-corrected chi connectivity index (χ1v) is 10.6. The van der Waals surface area contributed by atoms with Crippen molar-refractivity contribution in [1.29, 1.82) is 0 Å². The number of rotatable bonds is 6. The molecule has 0 unspecified atom stereocenters. The van der Waals surface area contributed by atoms with Gasteiger partial charge in [-0.25, -0.2) is 16.8 Å². The lowest BCUT2D eigenvalue weighted by Crippen LogP contribution is -2.37. The summed E-state index contributed by atoms with van der Waals surface area (Å²) in [5.74, 6) is 0. The number of sulfonamides is 2. The van der Waals surface area contributed by atoms with E-state index < -0.39 is 20.0 Å². The van der Waals surface area contributed by atoms with Crippen molar-refractivity contribution in [3.8, 4) is 0 Å². The van der Waals surface area contributed by atoms with E-state index in [0.29, 0.717) is 15.2 Å².